The quantitative estimate of drug-likeness (QED) is 0.520. The summed E-state index contributed by atoms with van der Waals surface area (Å²) in [5, 5.41) is 3.55. The fourth-order valence-electron chi connectivity index (χ4n) is 3.14. The molecule has 0 spiro atoms. The molecule has 0 saturated heterocycles. The largest absolute Gasteiger partial charge is 0.449 e. The number of hydrogen-bond acceptors (Lipinski definition) is 5. The van der Waals surface area contributed by atoms with Crippen molar-refractivity contribution in [2.75, 3.05) is 5.32 Å². The second-order valence-corrected chi connectivity index (χ2v) is 6.88. The molecule has 1 heterocycles. The highest BCUT2D eigenvalue weighted by atomic mass is 16.5. The van der Waals surface area contributed by atoms with Gasteiger partial charge in [-0.3, -0.25) is 14.6 Å². The molecule has 1 atom stereocenters. The summed E-state index contributed by atoms with van der Waals surface area (Å²) in [6.45, 7) is 6.57. The standard InChI is InChI=1S/C23H22N2O4/c1-13-19-7-5-6-8-20(19)24-14(2)21(13)23(28)29-16(4)22(27)25-18-11-9-17(10-12-18)15(3)26/h5-12,16H,1-4H3,(H,25,27)/t16-/m1/s1. The van der Waals surface area contributed by atoms with Gasteiger partial charge in [-0.1, -0.05) is 18.2 Å². The topological polar surface area (TPSA) is 85.4 Å². The van der Waals surface area contributed by atoms with Crippen LogP contribution in [-0.4, -0.2) is 28.7 Å². The first-order chi connectivity index (χ1) is 13.8. The van der Waals surface area contributed by atoms with Gasteiger partial charge in [0.25, 0.3) is 5.91 Å². The van der Waals surface area contributed by atoms with Crippen molar-refractivity contribution in [2.24, 2.45) is 0 Å². The molecule has 0 aliphatic heterocycles. The van der Waals surface area contributed by atoms with Crippen LogP contribution >= 0.6 is 0 Å². The maximum Gasteiger partial charge on any atom is 0.341 e. The van der Waals surface area contributed by atoms with Gasteiger partial charge in [0.1, 0.15) is 0 Å². The Kier molecular flexibility index (Phi) is 5.73. The van der Waals surface area contributed by atoms with Crippen LogP contribution in [-0.2, 0) is 9.53 Å². The van der Waals surface area contributed by atoms with Crippen LogP contribution in [0.25, 0.3) is 10.9 Å². The number of ketones is 1. The van der Waals surface area contributed by atoms with Crippen molar-refractivity contribution in [1.82, 2.24) is 4.98 Å². The second-order valence-electron chi connectivity index (χ2n) is 6.88. The van der Waals surface area contributed by atoms with Gasteiger partial charge < -0.3 is 10.1 Å². The summed E-state index contributed by atoms with van der Waals surface area (Å²) in [6, 6.07) is 14.1. The highest BCUT2D eigenvalue weighted by Gasteiger charge is 2.23. The van der Waals surface area contributed by atoms with Crippen molar-refractivity contribution < 1.29 is 19.1 Å². The summed E-state index contributed by atoms with van der Waals surface area (Å²) < 4.78 is 5.40. The van der Waals surface area contributed by atoms with E-state index in [2.05, 4.69) is 10.3 Å². The number of fused-ring (bicyclic) bond motifs is 1. The lowest BCUT2D eigenvalue weighted by molar-refractivity contribution is -0.123. The molecule has 6 nitrogen and oxygen atoms in total. The minimum absolute atomic E-state index is 0.0556. The van der Waals surface area contributed by atoms with Gasteiger partial charge >= 0.3 is 5.97 Å². The summed E-state index contributed by atoms with van der Waals surface area (Å²) >= 11 is 0. The van der Waals surface area contributed by atoms with Gasteiger partial charge in [-0.2, -0.15) is 0 Å². The van der Waals surface area contributed by atoms with E-state index >= 15 is 0 Å². The van der Waals surface area contributed by atoms with Crippen molar-refractivity contribution in [3.63, 3.8) is 0 Å². The van der Waals surface area contributed by atoms with Gasteiger partial charge in [0.2, 0.25) is 0 Å². The van der Waals surface area contributed by atoms with Gasteiger partial charge in [-0.15, -0.1) is 0 Å². The predicted octanol–water partition coefficient (Wildman–Crippen LogP) is 4.24. The molecule has 0 aliphatic carbocycles. The molecule has 0 unspecified atom stereocenters. The van der Waals surface area contributed by atoms with E-state index in [9.17, 15) is 14.4 Å². The SMILES string of the molecule is CC(=O)c1ccc(NC(=O)[C@@H](C)OC(=O)c2c(C)nc3ccccc3c2C)cc1. The van der Waals surface area contributed by atoms with E-state index in [1.165, 1.54) is 13.8 Å². The number of anilines is 1. The number of aromatic nitrogens is 1. The first-order valence-electron chi connectivity index (χ1n) is 9.26. The molecular formula is C23H22N2O4. The first kappa shape index (κ1) is 20.2. The molecular weight excluding hydrogens is 368 g/mol. The Labute approximate surface area is 168 Å². The van der Waals surface area contributed by atoms with Crippen LogP contribution in [0.1, 0.15) is 45.8 Å². The van der Waals surface area contributed by atoms with E-state index in [0.29, 0.717) is 22.5 Å². The van der Waals surface area contributed by atoms with Gasteiger partial charge in [0.15, 0.2) is 11.9 Å². The van der Waals surface area contributed by atoms with E-state index in [-0.39, 0.29) is 5.78 Å². The number of aryl methyl sites for hydroxylation is 2. The fraction of sp³-hybridized carbons (Fsp3) is 0.217. The lowest BCUT2D eigenvalue weighted by Crippen LogP contribution is -2.30. The monoisotopic (exact) mass is 390 g/mol. The van der Waals surface area contributed by atoms with Gasteiger partial charge in [0.05, 0.1) is 16.8 Å². The molecule has 0 bridgehead atoms. The van der Waals surface area contributed by atoms with Crippen molar-refractivity contribution >= 4 is 34.3 Å². The van der Waals surface area contributed by atoms with E-state index in [0.717, 1.165) is 16.5 Å². The number of carbonyl (C=O) groups excluding carboxylic acids is 3. The van der Waals surface area contributed by atoms with Crippen LogP contribution in [0.4, 0.5) is 5.69 Å². The molecule has 29 heavy (non-hydrogen) atoms. The molecule has 1 aromatic heterocycles. The van der Waals surface area contributed by atoms with Crippen LogP contribution in [0.15, 0.2) is 48.5 Å². The van der Waals surface area contributed by atoms with Gasteiger partial charge in [-0.25, -0.2) is 4.79 Å². The molecule has 0 fully saturated rings. The summed E-state index contributed by atoms with van der Waals surface area (Å²) in [7, 11) is 0. The van der Waals surface area contributed by atoms with E-state index in [1.807, 2.05) is 31.2 Å². The average molecular weight is 390 g/mol. The Morgan fingerprint density at radius 2 is 1.66 bits per heavy atom. The maximum atomic E-state index is 12.7. The van der Waals surface area contributed by atoms with Gasteiger partial charge in [-0.05, 0) is 63.6 Å². The number of Topliss-reactive ketones (excluding diaryl/α,β-unsaturated/α-hetero) is 1. The van der Waals surface area contributed by atoms with E-state index in [1.54, 1.807) is 31.2 Å². The average Bonchev–Trinajstić information content (AvgIpc) is 2.68. The number of para-hydroxylation sites is 1. The zero-order chi connectivity index (χ0) is 21.1. The maximum absolute atomic E-state index is 12.7. The summed E-state index contributed by atoms with van der Waals surface area (Å²) in [5.74, 6) is -1.11. The predicted molar refractivity (Wildman–Crippen MR) is 111 cm³/mol. The Balaban J connectivity index is 1.74. The highest BCUT2D eigenvalue weighted by Crippen LogP contribution is 2.23. The van der Waals surface area contributed by atoms with Crippen molar-refractivity contribution in [1.29, 1.82) is 0 Å². The number of nitrogens with one attached hydrogen (secondary N) is 1. The Hall–Kier alpha value is -3.54. The third-order valence-corrected chi connectivity index (χ3v) is 4.75. The first-order valence-corrected chi connectivity index (χ1v) is 9.26. The number of carbonyl (C=O) groups is 3. The summed E-state index contributed by atoms with van der Waals surface area (Å²) in [5.41, 5.74) is 3.57. The minimum Gasteiger partial charge on any atom is -0.449 e. The number of rotatable bonds is 5. The number of pyridine rings is 1. The van der Waals surface area contributed by atoms with Gasteiger partial charge in [0, 0.05) is 16.6 Å². The molecule has 0 saturated carbocycles. The number of ether oxygens (including phenoxy) is 1. The molecule has 1 N–H and O–H groups in total. The van der Waals surface area contributed by atoms with Crippen LogP contribution < -0.4 is 5.32 Å². The lowest BCUT2D eigenvalue weighted by atomic mass is 10.0. The molecule has 0 radical (unpaired) electrons. The Morgan fingerprint density at radius 1 is 1.00 bits per heavy atom. The fourth-order valence-corrected chi connectivity index (χ4v) is 3.14. The zero-order valence-corrected chi connectivity index (χ0v) is 16.8. The van der Waals surface area contributed by atoms with E-state index in [4.69, 9.17) is 4.74 Å². The molecule has 148 valence electrons. The molecule has 3 aromatic rings. The number of esters is 1. The van der Waals surface area contributed by atoms with E-state index < -0.39 is 18.0 Å². The minimum atomic E-state index is -1.000. The number of benzene rings is 2. The number of amides is 1. The summed E-state index contributed by atoms with van der Waals surface area (Å²) in [6.07, 6.45) is -1.000. The smallest absolute Gasteiger partial charge is 0.341 e. The normalized spacial score (nSPS) is 11.7. The van der Waals surface area contributed by atoms with Crippen LogP contribution in [0.2, 0.25) is 0 Å². The molecule has 0 aliphatic rings. The second kappa shape index (κ2) is 8.22. The zero-order valence-electron chi connectivity index (χ0n) is 16.8. The summed E-state index contributed by atoms with van der Waals surface area (Å²) in [4.78, 5) is 40.9. The highest BCUT2D eigenvalue weighted by molar-refractivity contribution is 6.01. The third-order valence-electron chi connectivity index (χ3n) is 4.75. The Morgan fingerprint density at radius 3 is 2.31 bits per heavy atom. The van der Waals surface area contributed by atoms with Crippen LogP contribution in [0.5, 0.6) is 0 Å². The lowest BCUT2D eigenvalue weighted by Gasteiger charge is -2.16. The third kappa shape index (κ3) is 4.32. The van der Waals surface area contributed by atoms with Crippen molar-refractivity contribution in [2.45, 2.75) is 33.8 Å². The Bertz CT molecular complexity index is 1100. The molecule has 3 rings (SSSR count). The number of nitrogens with zero attached hydrogens (tertiary/aromatic N) is 1. The van der Waals surface area contributed by atoms with Crippen LogP contribution in [0, 0.1) is 13.8 Å². The molecule has 2 aromatic carbocycles. The molecule has 1 amide bonds. The van der Waals surface area contributed by atoms with Crippen molar-refractivity contribution in [3.8, 4) is 0 Å². The number of hydrogen-bond donors (Lipinski definition) is 1. The van der Waals surface area contributed by atoms with Crippen LogP contribution in [0.3, 0.4) is 0 Å². The molecule has 6 heteroatoms. The van der Waals surface area contributed by atoms with Crippen molar-refractivity contribution in [3.05, 3.63) is 70.9 Å².